The van der Waals surface area contributed by atoms with Crippen LogP contribution in [0.5, 0.6) is 0 Å². The van der Waals surface area contributed by atoms with Crippen LogP contribution in [0.3, 0.4) is 0 Å². The summed E-state index contributed by atoms with van der Waals surface area (Å²) in [6.07, 6.45) is 6.16. The van der Waals surface area contributed by atoms with E-state index in [0.29, 0.717) is 12.5 Å². The monoisotopic (exact) mass is 288 g/mol. The lowest BCUT2D eigenvalue weighted by molar-refractivity contribution is -0.123. The van der Waals surface area contributed by atoms with Gasteiger partial charge in [-0.15, -0.1) is 0 Å². The van der Waals surface area contributed by atoms with Crippen LogP contribution >= 0.6 is 0 Å². The first-order valence-electron chi connectivity index (χ1n) is 8.13. The Hall–Kier alpha value is -1.35. The number of carbonyl (C=O) groups is 1. The van der Waals surface area contributed by atoms with Crippen molar-refractivity contribution in [2.75, 3.05) is 6.54 Å². The standard InChI is InChI=1S/C18H28N2O/c1-18(2,12-11-15-8-4-3-5-9-15)20-17(21)14-16-10-6-7-13-19-16/h3-5,8-9,16,19H,6-7,10-14H2,1-2H3,(H,20,21). The van der Waals surface area contributed by atoms with Crippen LogP contribution in [0.25, 0.3) is 0 Å². The van der Waals surface area contributed by atoms with Crippen molar-refractivity contribution in [1.82, 2.24) is 10.6 Å². The zero-order valence-corrected chi connectivity index (χ0v) is 13.3. The summed E-state index contributed by atoms with van der Waals surface area (Å²) in [5.74, 6) is 0.174. The molecule has 1 aliphatic rings. The zero-order chi connectivity index (χ0) is 15.1. The molecule has 0 radical (unpaired) electrons. The Morgan fingerprint density at radius 1 is 1.29 bits per heavy atom. The summed E-state index contributed by atoms with van der Waals surface area (Å²) in [5.41, 5.74) is 1.18. The summed E-state index contributed by atoms with van der Waals surface area (Å²) in [6.45, 7) is 5.28. The zero-order valence-electron chi connectivity index (χ0n) is 13.3. The molecule has 0 aliphatic carbocycles. The van der Waals surface area contributed by atoms with Crippen molar-refractivity contribution in [3.8, 4) is 0 Å². The van der Waals surface area contributed by atoms with Gasteiger partial charge in [0.2, 0.25) is 5.91 Å². The molecule has 1 heterocycles. The van der Waals surface area contributed by atoms with Crippen LogP contribution in [0.1, 0.15) is 51.5 Å². The molecule has 0 aromatic heterocycles. The molecule has 2 N–H and O–H groups in total. The Morgan fingerprint density at radius 2 is 2.05 bits per heavy atom. The van der Waals surface area contributed by atoms with Crippen LogP contribution in [0.15, 0.2) is 30.3 Å². The SMILES string of the molecule is CC(C)(CCc1ccccc1)NC(=O)CC1CCCCN1. The number of hydrogen-bond acceptors (Lipinski definition) is 2. The molecule has 1 aliphatic heterocycles. The number of rotatable bonds is 6. The van der Waals surface area contributed by atoms with E-state index in [4.69, 9.17) is 0 Å². The maximum atomic E-state index is 12.2. The molecule has 1 fully saturated rings. The van der Waals surface area contributed by atoms with Crippen LogP contribution in [0.4, 0.5) is 0 Å². The number of benzene rings is 1. The van der Waals surface area contributed by atoms with Crippen LogP contribution in [0.2, 0.25) is 0 Å². The fourth-order valence-electron chi connectivity index (χ4n) is 2.91. The van der Waals surface area contributed by atoms with Gasteiger partial charge in [0, 0.05) is 18.0 Å². The number of aryl methyl sites for hydroxylation is 1. The van der Waals surface area contributed by atoms with Crippen molar-refractivity contribution in [3.05, 3.63) is 35.9 Å². The molecular weight excluding hydrogens is 260 g/mol. The summed E-state index contributed by atoms with van der Waals surface area (Å²) < 4.78 is 0. The number of carbonyl (C=O) groups excluding carboxylic acids is 1. The summed E-state index contributed by atoms with van der Waals surface area (Å²) in [4.78, 5) is 12.2. The number of amides is 1. The maximum absolute atomic E-state index is 12.2. The van der Waals surface area contributed by atoms with Gasteiger partial charge in [-0.1, -0.05) is 36.8 Å². The van der Waals surface area contributed by atoms with Gasteiger partial charge in [0.25, 0.3) is 0 Å². The van der Waals surface area contributed by atoms with Gasteiger partial charge in [-0.2, -0.15) is 0 Å². The Bertz CT molecular complexity index is 436. The summed E-state index contributed by atoms with van der Waals surface area (Å²) in [6, 6.07) is 10.8. The van der Waals surface area contributed by atoms with E-state index in [2.05, 4.69) is 48.7 Å². The van der Waals surface area contributed by atoms with Crippen LogP contribution in [-0.4, -0.2) is 24.0 Å². The Labute approximate surface area is 128 Å². The van der Waals surface area contributed by atoms with Crippen molar-refractivity contribution in [3.63, 3.8) is 0 Å². The topological polar surface area (TPSA) is 41.1 Å². The molecule has 21 heavy (non-hydrogen) atoms. The molecule has 1 atom stereocenters. The predicted molar refractivity (Wildman–Crippen MR) is 87.2 cm³/mol. The third-order valence-corrected chi connectivity index (χ3v) is 4.20. The smallest absolute Gasteiger partial charge is 0.221 e. The fraction of sp³-hybridized carbons (Fsp3) is 0.611. The van der Waals surface area contributed by atoms with Gasteiger partial charge in [0.15, 0.2) is 0 Å². The lowest BCUT2D eigenvalue weighted by Gasteiger charge is -2.29. The van der Waals surface area contributed by atoms with Gasteiger partial charge in [-0.05, 0) is 51.6 Å². The predicted octanol–water partition coefficient (Wildman–Crippen LogP) is 3.05. The minimum atomic E-state index is -0.151. The average molecular weight is 288 g/mol. The molecule has 1 saturated heterocycles. The fourth-order valence-corrected chi connectivity index (χ4v) is 2.91. The lowest BCUT2D eigenvalue weighted by atomic mass is 9.94. The number of hydrogen-bond donors (Lipinski definition) is 2. The molecule has 1 unspecified atom stereocenters. The third-order valence-electron chi connectivity index (χ3n) is 4.20. The van der Waals surface area contributed by atoms with Crippen LogP contribution < -0.4 is 10.6 Å². The Kier molecular flexibility index (Phi) is 5.80. The van der Waals surface area contributed by atoms with Crippen molar-refractivity contribution >= 4 is 5.91 Å². The molecule has 1 amide bonds. The van der Waals surface area contributed by atoms with Gasteiger partial charge in [-0.3, -0.25) is 4.79 Å². The molecule has 1 aromatic carbocycles. The van der Waals surface area contributed by atoms with Crippen molar-refractivity contribution in [1.29, 1.82) is 0 Å². The second-order valence-electron chi connectivity index (χ2n) is 6.77. The second-order valence-corrected chi connectivity index (χ2v) is 6.77. The molecule has 3 heteroatoms. The van der Waals surface area contributed by atoms with E-state index in [1.165, 1.54) is 18.4 Å². The normalized spacial score (nSPS) is 19.2. The highest BCUT2D eigenvalue weighted by Crippen LogP contribution is 2.15. The first-order valence-corrected chi connectivity index (χ1v) is 8.13. The summed E-state index contributed by atoms with van der Waals surface area (Å²) in [7, 11) is 0. The van der Waals surface area contributed by atoms with Gasteiger partial charge >= 0.3 is 0 Å². The first kappa shape index (κ1) is 16.0. The van der Waals surface area contributed by atoms with Crippen molar-refractivity contribution in [2.24, 2.45) is 0 Å². The van der Waals surface area contributed by atoms with Gasteiger partial charge in [0.1, 0.15) is 0 Å². The Morgan fingerprint density at radius 3 is 2.71 bits per heavy atom. The lowest BCUT2D eigenvalue weighted by Crippen LogP contribution is -2.46. The third kappa shape index (κ3) is 5.88. The van der Waals surface area contributed by atoms with Crippen molar-refractivity contribution in [2.45, 2.75) is 64.0 Å². The van der Waals surface area contributed by atoms with Crippen molar-refractivity contribution < 1.29 is 4.79 Å². The number of piperidine rings is 1. The van der Waals surface area contributed by atoms with Gasteiger partial charge < -0.3 is 10.6 Å². The van der Waals surface area contributed by atoms with Gasteiger partial charge in [0.05, 0.1) is 0 Å². The first-order chi connectivity index (χ1) is 10.1. The van der Waals surface area contributed by atoms with E-state index in [9.17, 15) is 4.79 Å². The highest BCUT2D eigenvalue weighted by atomic mass is 16.1. The molecule has 0 bridgehead atoms. The van der Waals surface area contributed by atoms with E-state index in [0.717, 1.165) is 25.8 Å². The van der Waals surface area contributed by atoms with E-state index in [1.54, 1.807) is 0 Å². The quantitative estimate of drug-likeness (QED) is 0.845. The highest BCUT2D eigenvalue weighted by Gasteiger charge is 2.23. The summed E-state index contributed by atoms with van der Waals surface area (Å²) >= 11 is 0. The minimum Gasteiger partial charge on any atom is -0.351 e. The Balaban J connectivity index is 1.75. The highest BCUT2D eigenvalue weighted by molar-refractivity contribution is 5.77. The van der Waals surface area contributed by atoms with E-state index in [-0.39, 0.29) is 11.4 Å². The van der Waals surface area contributed by atoms with E-state index in [1.807, 2.05) is 6.07 Å². The molecule has 2 rings (SSSR count). The number of nitrogens with one attached hydrogen (secondary N) is 2. The molecule has 3 nitrogen and oxygen atoms in total. The van der Waals surface area contributed by atoms with Crippen LogP contribution in [-0.2, 0) is 11.2 Å². The van der Waals surface area contributed by atoms with Crippen LogP contribution in [0, 0.1) is 0 Å². The maximum Gasteiger partial charge on any atom is 0.221 e. The second kappa shape index (κ2) is 7.60. The summed E-state index contributed by atoms with van der Waals surface area (Å²) in [5, 5.41) is 6.63. The molecular formula is C18H28N2O. The van der Waals surface area contributed by atoms with E-state index < -0.39 is 0 Å². The molecule has 0 saturated carbocycles. The van der Waals surface area contributed by atoms with E-state index >= 15 is 0 Å². The van der Waals surface area contributed by atoms with Gasteiger partial charge in [-0.25, -0.2) is 0 Å². The average Bonchev–Trinajstić information content (AvgIpc) is 2.47. The molecule has 116 valence electrons. The largest absolute Gasteiger partial charge is 0.351 e. The molecule has 0 spiro atoms. The minimum absolute atomic E-state index is 0.151. The molecule has 1 aromatic rings.